The molecule has 0 radical (unpaired) electrons. The first-order chi connectivity index (χ1) is 9.51. The van der Waals surface area contributed by atoms with Gasteiger partial charge in [0, 0.05) is 33.7 Å². The van der Waals surface area contributed by atoms with Crippen molar-refractivity contribution in [3.63, 3.8) is 0 Å². The predicted octanol–water partition coefficient (Wildman–Crippen LogP) is 1.97. The van der Waals surface area contributed by atoms with Crippen LogP contribution in [0.1, 0.15) is 18.9 Å². The van der Waals surface area contributed by atoms with Crippen LogP contribution in [0.3, 0.4) is 0 Å². The number of anilines is 1. The molecular formula is C15H23FN4. The molecule has 1 aliphatic rings. The van der Waals surface area contributed by atoms with Gasteiger partial charge in [0.1, 0.15) is 5.82 Å². The monoisotopic (exact) mass is 278 g/mol. The lowest BCUT2D eigenvalue weighted by molar-refractivity contribution is 0.623. The van der Waals surface area contributed by atoms with Gasteiger partial charge in [0.15, 0.2) is 5.96 Å². The van der Waals surface area contributed by atoms with E-state index in [-0.39, 0.29) is 5.82 Å². The van der Waals surface area contributed by atoms with Gasteiger partial charge >= 0.3 is 0 Å². The van der Waals surface area contributed by atoms with Gasteiger partial charge in [0.2, 0.25) is 0 Å². The van der Waals surface area contributed by atoms with E-state index in [1.165, 1.54) is 6.42 Å². The van der Waals surface area contributed by atoms with Crippen molar-refractivity contribution in [2.75, 3.05) is 26.0 Å². The van der Waals surface area contributed by atoms with Crippen LogP contribution in [0.15, 0.2) is 23.2 Å². The molecule has 0 aromatic heterocycles. The molecule has 110 valence electrons. The molecule has 4 nitrogen and oxygen atoms in total. The van der Waals surface area contributed by atoms with Crippen LogP contribution in [0, 0.1) is 11.7 Å². The van der Waals surface area contributed by atoms with E-state index >= 15 is 0 Å². The normalized spacial score (nSPS) is 21.6. The number of halogens is 1. The Morgan fingerprint density at radius 3 is 2.65 bits per heavy atom. The van der Waals surface area contributed by atoms with E-state index in [0.29, 0.717) is 24.2 Å². The SMILES string of the molecule is CN=C(NCc1ccc(N(C)C)c(F)c1)NC1CC1C. The van der Waals surface area contributed by atoms with Gasteiger partial charge in [-0.05, 0) is 30.0 Å². The first-order valence-corrected chi connectivity index (χ1v) is 6.94. The standard InChI is InChI=1S/C15H23FN4/c1-10-7-13(10)19-15(17-2)18-9-11-5-6-14(20(3)4)12(16)8-11/h5-6,8,10,13H,7,9H2,1-4H3,(H2,17,18,19). The van der Waals surface area contributed by atoms with E-state index in [0.717, 1.165) is 11.5 Å². The third-order valence-corrected chi connectivity index (χ3v) is 3.61. The summed E-state index contributed by atoms with van der Waals surface area (Å²) >= 11 is 0. The van der Waals surface area contributed by atoms with Crippen LogP contribution in [0.4, 0.5) is 10.1 Å². The van der Waals surface area contributed by atoms with Gasteiger partial charge in [0.05, 0.1) is 5.69 Å². The second-order valence-corrected chi connectivity index (χ2v) is 5.57. The molecule has 0 aliphatic heterocycles. The summed E-state index contributed by atoms with van der Waals surface area (Å²) in [6.45, 7) is 2.77. The molecule has 20 heavy (non-hydrogen) atoms. The van der Waals surface area contributed by atoms with Gasteiger partial charge in [-0.2, -0.15) is 0 Å². The Morgan fingerprint density at radius 1 is 1.45 bits per heavy atom. The lowest BCUT2D eigenvalue weighted by Gasteiger charge is -2.15. The van der Waals surface area contributed by atoms with Crippen molar-refractivity contribution in [2.24, 2.45) is 10.9 Å². The fraction of sp³-hybridized carbons (Fsp3) is 0.533. The predicted molar refractivity (Wildman–Crippen MR) is 81.6 cm³/mol. The van der Waals surface area contributed by atoms with Crippen molar-refractivity contribution in [3.05, 3.63) is 29.6 Å². The average molecular weight is 278 g/mol. The van der Waals surface area contributed by atoms with Gasteiger partial charge in [-0.3, -0.25) is 4.99 Å². The minimum absolute atomic E-state index is 0.201. The summed E-state index contributed by atoms with van der Waals surface area (Å²) in [5.74, 6) is 1.29. The Hall–Kier alpha value is -1.78. The summed E-state index contributed by atoms with van der Waals surface area (Å²) in [4.78, 5) is 5.94. The fourth-order valence-electron chi connectivity index (χ4n) is 2.10. The molecule has 0 bridgehead atoms. The van der Waals surface area contributed by atoms with E-state index in [4.69, 9.17) is 0 Å². The maximum absolute atomic E-state index is 13.9. The Bertz CT molecular complexity index is 499. The molecule has 1 saturated carbocycles. The summed E-state index contributed by atoms with van der Waals surface area (Å²) in [6, 6.07) is 5.81. The van der Waals surface area contributed by atoms with E-state index in [1.54, 1.807) is 24.1 Å². The number of hydrogen-bond acceptors (Lipinski definition) is 2. The van der Waals surface area contributed by atoms with Crippen molar-refractivity contribution in [2.45, 2.75) is 25.9 Å². The molecule has 2 atom stereocenters. The van der Waals surface area contributed by atoms with Crippen LogP contribution in [0.5, 0.6) is 0 Å². The van der Waals surface area contributed by atoms with Crippen LogP contribution in [-0.2, 0) is 6.54 Å². The number of benzene rings is 1. The molecule has 2 N–H and O–H groups in total. The van der Waals surface area contributed by atoms with Crippen molar-refractivity contribution in [3.8, 4) is 0 Å². The quantitative estimate of drug-likeness (QED) is 0.653. The smallest absolute Gasteiger partial charge is 0.191 e. The minimum Gasteiger partial charge on any atom is -0.375 e. The molecule has 0 spiro atoms. The third-order valence-electron chi connectivity index (χ3n) is 3.61. The summed E-state index contributed by atoms with van der Waals surface area (Å²) in [5.41, 5.74) is 1.50. The maximum Gasteiger partial charge on any atom is 0.191 e. The van der Waals surface area contributed by atoms with E-state index in [9.17, 15) is 4.39 Å². The molecule has 1 aromatic rings. The molecule has 0 saturated heterocycles. The highest BCUT2D eigenvalue weighted by molar-refractivity contribution is 5.80. The zero-order valence-electron chi connectivity index (χ0n) is 12.6. The van der Waals surface area contributed by atoms with Gasteiger partial charge < -0.3 is 15.5 Å². The molecule has 1 aromatic carbocycles. The number of nitrogens with zero attached hydrogens (tertiary/aromatic N) is 2. The Morgan fingerprint density at radius 2 is 2.15 bits per heavy atom. The van der Waals surface area contributed by atoms with Gasteiger partial charge in [-0.25, -0.2) is 4.39 Å². The highest BCUT2D eigenvalue weighted by Gasteiger charge is 2.33. The van der Waals surface area contributed by atoms with Gasteiger partial charge in [0.25, 0.3) is 0 Å². The Balaban J connectivity index is 1.91. The summed E-state index contributed by atoms with van der Waals surface area (Å²) in [5, 5.41) is 6.55. The minimum atomic E-state index is -0.201. The highest BCUT2D eigenvalue weighted by Crippen LogP contribution is 2.28. The van der Waals surface area contributed by atoms with Crippen molar-refractivity contribution in [1.82, 2.24) is 10.6 Å². The lowest BCUT2D eigenvalue weighted by atomic mass is 10.2. The van der Waals surface area contributed by atoms with E-state index < -0.39 is 0 Å². The molecule has 2 unspecified atom stereocenters. The molecule has 1 fully saturated rings. The first kappa shape index (κ1) is 14.6. The number of aliphatic imine (C=N–C) groups is 1. The zero-order valence-corrected chi connectivity index (χ0v) is 12.6. The van der Waals surface area contributed by atoms with Crippen LogP contribution >= 0.6 is 0 Å². The van der Waals surface area contributed by atoms with Crippen molar-refractivity contribution in [1.29, 1.82) is 0 Å². The molecule has 0 heterocycles. The second-order valence-electron chi connectivity index (χ2n) is 5.57. The first-order valence-electron chi connectivity index (χ1n) is 6.94. The Kier molecular flexibility index (Phi) is 4.47. The molecule has 5 heteroatoms. The molecule has 0 amide bonds. The largest absolute Gasteiger partial charge is 0.375 e. The summed E-state index contributed by atoms with van der Waals surface area (Å²) in [7, 11) is 5.41. The Labute approximate surface area is 120 Å². The van der Waals surface area contributed by atoms with Gasteiger partial charge in [-0.15, -0.1) is 0 Å². The number of hydrogen-bond donors (Lipinski definition) is 2. The molecular weight excluding hydrogens is 255 g/mol. The van der Waals surface area contributed by atoms with E-state index in [2.05, 4.69) is 22.5 Å². The number of rotatable bonds is 4. The maximum atomic E-state index is 13.9. The van der Waals surface area contributed by atoms with Crippen LogP contribution in [-0.4, -0.2) is 33.1 Å². The van der Waals surface area contributed by atoms with Crippen molar-refractivity contribution >= 4 is 11.6 Å². The van der Waals surface area contributed by atoms with Crippen LogP contribution in [0.2, 0.25) is 0 Å². The molecule has 1 aliphatic carbocycles. The van der Waals surface area contributed by atoms with Crippen molar-refractivity contribution < 1.29 is 4.39 Å². The fourth-order valence-corrected chi connectivity index (χ4v) is 2.10. The average Bonchev–Trinajstić information content (AvgIpc) is 3.09. The third kappa shape index (κ3) is 3.62. The summed E-state index contributed by atoms with van der Waals surface area (Å²) < 4.78 is 13.9. The van der Waals surface area contributed by atoms with E-state index in [1.807, 2.05) is 20.2 Å². The molecule has 2 rings (SSSR count). The zero-order chi connectivity index (χ0) is 14.7. The highest BCUT2D eigenvalue weighted by atomic mass is 19.1. The lowest BCUT2D eigenvalue weighted by Crippen LogP contribution is -2.38. The summed E-state index contributed by atoms with van der Waals surface area (Å²) in [6.07, 6.45) is 1.19. The number of guanidine groups is 1. The number of nitrogens with one attached hydrogen (secondary N) is 2. The second kappa shape index (κ2) is 6.11. The van der Waals surface area contributed by atoms with Crippen LogP contribution in [0.25, 0.3) is 0 Å². The topological polar surface area (TPSA) is 39.7 Å². The van der Waals surface area contributed by atoms with Crippen LogP contribution < -0.4 is 15.5 Å². The van der Waals surface area contributed by atoms with Gasteiger partial charge in [-0.1, -0.05) is 13.0 Å².